The lowest BCUT2D eigenvalue weighted by atomic mass is 9.79. The Morgan fingerprint density at radius 3 is 2.61 bits per heavy atom. The van der Waals surface area contributed by atoms with Gasteiger partial charge in [-0.2, -0.15) is 0 Å². The molecule has 2 aliphatic heterocycles. The lowest BCUT2D eigenvalue weighted by molar-refractivity contribution is -0.534. The number of benzene rings is 3. The van der Waals surface area contributed by atoms with Gasteiger partial charge in [-0.3, -0.25) is 29.9 Å². The summed E-state index contributed by atoms with van der Waals surface area (Å²) in [5.74, 6) is -0.682. The SMILES string of the molecule is CN1C[C@H](c2ccc(OCc3cccc([N+](=O)[O-])c3)c(Cl)c2)[C@@H]([N+](=O)[O-])[C@@]12C(=O)Nc1ccccc12. The molecule has 3 aromatic rings. The maximum atomic E-state index is 13.2. The Morgan fingerprint density at radius 1 is 1.11 bits per heavy atom. The normalized spacial score (nSPS) is 22.9. The summed E-state index contributed by atoms with van der Waals surface area (Å²) >= 11 is 6.48. The molecule has 0 aliphatic carbocycles. The summed E-state index contributed by atoms with van der Waals surface area (Å²) in [7, 11) is 1.72. The van der Waals surface area contributed by atoms with E-state index < -0.39 is 28.3 Å². The van der Waals surface area contributed by atoms with Crippen LogP contribution in [0.4, 0.5) is 11.4 Å². The van der Waals surface area contributed by atoms with Gasteiger partial charge < -0.3 is 10.1 Å². The summed E-state index contributed by atoms with van der Waals surface area (Å²) in [6, 6.07) is 16.8. The highest BCUT2D eigenvalue weighted by atomic mass is 35.5. The summed E-state index contributed by atoms with van der Waals surface area (Å²) in [6.07, 6.45) is 0. The third-order valence-corrected chi connectivity index (χ3v) is 7.24. The number of anilines is 1. The molecule has 0 unspecified atom stereocenters. The van der Waals surface area contributed by atoms with Crippen molar-refractivity contribution in [2.24, 2.45) is 0 Å². The van der Waals surface area contributed by atoms with Gasteiger partial charge in [0, 0.05) is 34.9 Å². The molecule has 5 rings (SSSR count). The summed E-state index contributed by atoms with van der Waals surface area (Å²) in [5.41, 5.74) is 0.900. The first-order valence-corrected chi connectivity index (χ1v) is 11.5. The number of nitro benzene ring substituents is 1. The molecule has 1 spiro atoms. The first-order valence-electron chi connectivity index (χ1n) is 11.1. The largest absolute Gasteiger partial charge is 0.487 e. The Bertz CT molecular complexity index is 1400. The molecular formula is C25H21ClN4O6. The van der Waals surface area contributed by atoms with E-state index in [-0.39, 0.29) is 28.8 Å². The van der Waals surface area contributed by atoms with Gasteiger partial charge in [-0.1, -0.05) is 48.0 Å². The van der Waals surface area contributed by atoms with Gasteiger partial charge in [0.25, 0.3) is 17.6 Å². The van der Waals surface area contributed by atoms with E-state index in [0.29, 0.717) is 28.1 Å². The molecule has 2 heterocycles. The fraction of sp³-hybridized carbons (Fsp3) is 0.240. The van der Waals surface area contributed by atoms with Gasteiger partial charge in [0.15, 0.2) is 5.54 Å². The maximum absolute atomic E-state index is 13.2. The number of hydrogen-bond acceptors (Lipinski definition) is 7. The van der Waals surface area contributed by atoms with Crippen LogP contribution in [-0.2, 0) is 16.9 Å². The Balaban J connectivity index is 1.44. The van der Waals surface area contributed by atoms with E-state index in [4.69, 9.17) is 16.3 Å². The number of carbonyl (C=O) groups is 1. The van der Waals surface area contributed by atoms with Crippen molar-refractivity contribution in [2.75, 3.05) is 18.9 Å². The van der Waals surface area contributed by atoms with E-state index in [1.54, 1.807) is 66.5 Å². The third kappa shape index (κ3) is 3.66. The van der Waals surface area contributed by atoms with Crippen molar-refractivity contribution in [1.29, 1.82) is 0 Å². The lowest BCUT2D eigenvalue weighted by Gasteiger charge is -2.30. The first kappa shape index (κ1) is 23.7. The predicted molar refractivity (Wildman–Crippen MR) is 132 cm³/mol. The highest BCUT2D eigenvalue weighted by Gasteiger charge is 2.68. The van der Waals surface area contributed by atoms with Crippen molar-refractivity contribution in [3.05, 3.63) is 109 Å². The molecule has 1 saturated heterocycles. The minimum atomic E-state index is -1.44. The molecular weight excluding hydrogens is 488 g/mol. The average molecular weight is 509 g/mol. The minimum absolute atomic E-state index is 0.0415. The maximum Gasteiger partial charge on any atom is 0.269 e. The van der Waals surface area contributed by atoms with Crippen molar-refractivity contribution < 1.29 is 19.4 Å². The smallest absolute Gasteiger partial charge is 0.269 e. The summed E-state index contributed by atoms with van der Waals surface area (Å²) in [4.78, 5) is 37.5. The van der Waals surface area contributed by atoms with E-state index >= 15 is 0 Å². The quantitative estimate of drug-likeness (QED) is 0.387. The van der Waals surface area contributed by atoms with Crippen LogP contribution in [0, 0.1) is 20.2 Å². The molecule has 11 heteroatoms. The van der Waals surface area contributed by atoms with Crippen molar-refractivity contribution in [2.45, 2.75) is 24.1 Å². The Hall–Kier alpha value is -4.02. The van der Waals surface area contributed by atoms with Crippen LogP contribution >= 0.6 is 11.6 Å². The van der Waals surface area contributed by atoms with Crippen molar-refractivity contribution in [3.63, 3.8) is 0 Å². The zero-order valence-electron chi connectivity index (χ0n) is 19.1. The minimum Gasteiger partial charge on any atom is -0.487 e. The van der Waals surface area contributed by atoms with E-state index in [9.17, 15) is 25.0 Å². The van der Waals surface area contributed by atoms with E-state index in [1.807, 2.05) is 0 Å². The number of para-hydroxylation sites is 1. The van der Waals surface area contributed by atoms with Gasteiger partial charge in [0.05, 0.1) is 15.9 Å². The molecule has 0 saturated carbocycles. The topological polar surface area (TPSA) is 128 Å². The molecule has 3 atom stereocenters. The van der Waals surface area contributed by atoms with Crippen molar-refractivity contribution in [1.82, 2.24) is 4.90 Å². The van der Waals surface area contributed by atoms with Crippen LogP contribution < -0.4 is 10.1 Å². The fourth-order valence-corrected chi connectivity index (χ4v) is 5.61. The molecule has 10 nitrogen and oxygen atoms in total. The zero-order valence-corrected chi connectivity index (χ0v) is 19.8. The monoisotopic (exact) mass is 508 g/mol. The number of rotatable bonds is 6. The van der Waals surface area contributed by atoms with Gasteiger partial charge in [0.2, 0.25) is 0 Å². The molecule has 0 aromatic heterocycles. The lowest BCUT2D eigenvalue weighted by Crippen LogP contribution is -2.54. The number of ether oxygens (including phenoxy) is 1. The number of amides is 1. The number of carbonyl (C=O) groups excluding carboxylic acids is 1. The van der Waals surface area contributed by atoms with Gasteiger partial charge in [-0.15, -0.1) is 0 Å². The van der Waals surface area contributed by atoms with Gasteiger partial charge in [0.1, 0.15) is 12.4 Å². The first-order chi connectivity index (χ1) is 17.2. The summed E-state index contributed by atoms with van der Waals surface area (Å²) in [6.45, 7) is 0.335. The second-order valence-electron chi connectivity index (χ2n) is 8.89. The molecule has 184 valence electrons. The summed E-state index contributed by atoms with van der Waals surface area (Å²) in [5, 5.41) is 26.5. The number of likely N-dealkylation sites (N-methyl/N-ethyl adjacent to an activating group) is 1. The Kier molecular flexibility index (Phi) is 5.85. The molecule has 0 radical (unpaired) electrons. The van der Waals surface area contributed by atoms with E-state index in [0.717, 1.165) is 0 Å². The molecule has 36 heavy (non-hydrogen) atoms. The van der Waals surface area contributed by atoms with E-state index in [1.165, 1.54) is 12.1 Å². The third-order valence-electron chi connectivity index (χ3n) is 6.94. The molecule has 2 aliphatic rings. The van der Waals surface area contributed by atoms with Gasteiger partial charge >= 0.3 is 0 Å². The number of likely N-dealkylation sites (tertiary alicyclic amines) is 1. The fourth-order valence-electron chi connectivity index (χ4n) is 5.37. The molecule has 1 amide bonds. The second kappa shape index (κ2) is 8.89. The number of halogens is 1. The Morgan fingerprint density at radius 2 is 1.89 bits per heavy atom. The van der Waals surface area contributed by atoms with Gasteiger partial charge in [-0.25, -0.2) is 0 Å². The number of nitro groups is 2. The van der Waals surface area contributed by atoms with Crippen LogP contribution in [0.2, 0.25) is 5.02 Å². The number of non-ortho nitro benzene ring substituents is 1. The number of fused-ring (bicyclic) bond motifs is 2. The van der Waals surface area contributed by atoms with Crippen LogP contribution in [0.15, 0.2) is 66.7 Å². The van der Waals surface area contributed by atoms with Crippen molar-refractivity contribution in [3.8, 4) is 5.75 Å². The molecule has 0 bridgehead atoms. The number of nitrogens with zero attached hydrogens (tertiary/aromatic N) is 3. The van der Waals surface area contributed by atoms with Crippen LogP contribution in [0.5, 0.6) is 5.75 Å². The predicted octanol–water partition coefficient (Wildman–Crippen LogP) is 4.35. The molecule has 1 fully saturated rings. The molecule has 3 aromatic carbocycles. The average Bonchev–Trinajstić information content (AvgIpc) is 3.33. The van der Waals surface area contributed by atoms with Crippen molar-refractivity contribution >= 4 is 28.9 Å². The highest BCUT2D eigenvalue weighted by molar-refractivity contribution is 6.32. The standard InChI is InChI=1S/C25H21ClN4O6/c1-28-13-18(23(30(34)35)25(28)19-7-2-3-8-21(19)27-24(25)31)16-9-10-22(20(26)12-16)36-14-15-5-4-6-17(11-15)29(32)33/h2-12,18,23H,13-14H2,1H3,(H,27,31)/t18-,23-,25+/m1/s1. The number of hydrogen-bond donors (Lipinski definition) is 1. The Labute approximate surface area is 210 Å². The van der Waals surface area contributed by atoms with Crippen LogP contribution in [0.3, 0.4) is 0 Å². The highest BCUT2D eigenvalue weighted by Crippen LogP contribution is 2.52. The van der Waals surface area contributed by atoms with E-state index in [2.05, 4.69) is 5.32 Å². The van der Waals surface area contributed by atoms with Gasteiger partial charge in [-0.05, 0) is 36.4 Å². The summed E-state index contributed by atoms with van der Waals surface area (Å²) < 4.78 is 5.76. The van der Waals surface area contributed by atoms with Crippen LogP contribution in [0.25, 0.3) is 0 Å². The van der Waals surface area contributed by atoms with Crippen LogP contribution in [0.1, 0.15) is 22.6 Å². The second-order valence-corrected chi connectivity index (χ2v) is 9.30. The van der Waals surface area contributed by atoms with Crippen LogP contribution in [-0.4, -0.2) is 40.3 Å². The zero-order chi connectivity index (χ0) is 25.6. The number of nitrogens with one attached hydrogen (secondary N) is 1. The molecule has 1 N–H and O–H groups in total.